The Bertz CT molecular complexity index is 1100. The normalized spacial score (nSPS) is 12.2. The molecule has 3 aromatic rings. The molecule has 2 aromatic heterocycles. The maximum Gasteiger partial charge on any atom is 0.239 e. The van der Waals surface area contributed by atoms with Crippen LogP contribution in [0.5, 0.6) is 11.8 Å². The van der Waals surface area contributed by atoms with E-state index in [1.165, 1.54) is 12.4 Å². The number of halogens is 3. The molecule has 0 aliphatic rings. The van der Waals surface area contributed by atoms with Crippen molar-refractivity contribution in [3.05, 3.63) is 63.0 Å². The maximum absolute atomic E-state index is 6.48. The summed E-state index contributed by atoms with van der Waals surface area (Å²) in [5.41, 5.74) is 3.28. The molecular weight excluding hydrogens is 485 g/mol. The Labute approximate surface area is 205 Å². The minimum Gasteiger partial charge on any atom is -0.419 e. The zero-order valence-electron chi connectivity index (χ0n) is 19.0. The summed E-state index contributed by atoms with van der Waals surface area (Å²) in [4.78, 5) is 12.9. The first-order chi connectivity index (χ1) is 14.9. The van der Waals surface area contributed by atoms with Crippen LogP contribution in [-0.4, -0.2) is 23.3 Å². The molecule has 0 atom stereocenters. The predicted octanol–water partition coefficient (Wildman–Crippen LogP) is 8.12. The Morgan fingerprint density at radius 3 is 2.16 bits per heavy atom. The molecule has 170 valence electrons. The lowest BCUT2D eigenvalue weighted by Crippen LogP contribution is -2.40. The van der Waals surface area contributed by atoms with E-state index in [-0.39, 0.29) is 10.2 Å². The summed E-state index contributed by atoms with van der Waals surface area (Å²) in [5, 5.41) is 1.43. The molecule has 0 unspecified atom stereocenters. The third-order valence-electron chi connectivity index (χ3n) is 5.69. The highest BCUT2D eigenvalue weighted by Crippen LogP contribution is 2.38. The van der Waals surface area contributed by atoms with Gasteiger partial charge in [0.15, 0.2) is 8.32 Å². The van der Waals surface area contributed by atoms with E-state index >= 15 is 0 Å². The van der Waals surface area contributed by atoms with E-state index in [2.05, 4.69) is 43.8 Å². The van der Waals surface area contributed by atoms with E-state index < -0.39 is 8.32 Å². The fraction of sp³-hybridized carbons (Fsp3) is 0.348. The summed E-state index contributed by atoms with van der Waals surface area (Å²) in [6.45, 7) is 13.5. The Morgan fingerprint density at radius 1 is 0.938 bits per heavy atom. The number of benzene rings is 1. The van der Waals surface area contributed by atoms with E-state index in [9.17, 15) is 0 Å². The highest BCUT2D eigenvalue weighted by molar-refractivity contribution is 6.74. The molecule has 32 heavy (non-hydrogen) atoms. The lowest BCUT2D eigenvalue weighted by atomic mass is 10.1. The first-order valence-corrected chi connectivity index (χ1v) is 14.2. The topological polar surface area (TPSA) is 57.1 Å². The molecule has 0 radical (unpaired) electrons. The van der Waals surface area contributed by atoms with Crippen molar-refractivity contribution in [2.24, 2.45) is 0 Å². The number of hydrogen-bond donors (Lipinski definition) is 0. The van der Waals surface area contributed by atoms with Crippen LogP contribution < -0.4 is 4.74 Å². The Kier molecular flexibility index (Phi) is 7.52. The summed E-state index contributed by atoms with van der Waals surface area (Å²) >= 11 is 18.3. The van der Waals surface area contributed by atoms with Crippen LogP contribution in [-0.2, 0) is 11.0 Å². The number of rotatable bonds is 6. The van der Waals surface area contributed by atoms with Gasteiger partial charge >= 0.3 is 0 Å². The lowest BCUT2D eigenvalue weighted by Gasteiger charge is -2.36. The molecule has 0 bridgehead atoms. The van der Waals surface area contributed by atoms with Crippen molar-refractivity contribution in [1.82, 2.24) is 15.0 Å². The third-order valence-corrected chi connectivity index (χ3v) is 10.8. The first kappa shape index (κ1) is 24.9. The predicted molar refractivity (Wildman–Crippen MR) is 134 cm³/mol. The molecule has 9 heteroatoms. The van der Waals surface area contributed by atoms with Gasteiger partial charge in [-0.15, -0.1) is 0 Å². The molecule has 0 saturated carbocycles. The molecule has 0 fully saturated rings. The smallest absolute Gasteiger partial charge is 0.239 e. The molecule has 0 aliphatic heterocycles. The number of hydrogen-bond acceptors (Lipinski definition) is 5. The van der Waals surface area contributed by atoms with E-state index in [0.717, 1.165) is 16.7 Å². The number of nitrogens with zero attached hydrogens (tertiary/aromatic N) is 3. The van der Waals surface area contributed by atoms with E-state index in [0.29, 0.717) is 34.1 Å². The molecule has 0 saturated heterocycles. The third kappa shape index (κ3) is 6.00. The average Bonchev–Trinajstić information content (AvgIpc) is 2.68. The standard InChI is InChI=1S/C23H26Cl3N3O2Si/c1-14-16(13-30-32(5,6)23(2,3)4)9-19(15-7-17(24)10-18(25)8-15)29-22(14)31-21-12-27-20(26)11-28-21/h7-12H,13H2,1-6H3. The van der Waals surface area contributed by atoms with Crippen LogP contribution in [0.15, 0.2) is 36.7 Å². The zero-order chi connectivity index (χ0) is 23.7. The molecule has 3 rings (SSSR count). The van der Waals surface area contributed by atoms with Gasteiger partial charge in [0.2, 0.25) is 11.8 Å². The van der Waals surface area contributed by atoms with Crippen molar-refractivity contribution in [2.45, 2.75) is 52.4 Å². The van der Waals surface area contributed by atoms with Gasteiger partial charge in [-0.2, -0.15) is 0 Å². The van der Waals surface area contributed by atoms with Gasteiger partial charge in [-0.25, -0.2) is 15.0 Å². The first-order valence-electron chi connectivity index (χ1n) is 10.1. The summed E-state index contributed by atoms with van der Waals surface area (Å²) in [6.07, 6.45) is 2.88. The van der Waals surface area contributed by atoms with Crippen molar-refractivity contribution in [3.8, 4) is 23.0 Å². The molecule has 0 N–H and O–H groups in total. The molecule has 0 aliphatic carbocycles. The van der Waals surface area contributed by atoms with E-state index in [1.54, 1.807) is 6.07 Å². The van der Waals surface area contributed by atoms with Gasteiger partial charge < -0.3 is 9.16 Å². The van der Waals surface area contributed by atoms with Crippen LogP contribution in [0.25, 0.3) is 11.3 Å². The van der Waals surface area contributed by atoms with Crippen LogP contribution in [0.4, 0.5) is 0 Å². The van der Waals surface area contributed by atoms with Crippen molar-refractivity contribution < 1.29 is 9.16 Å². The molecule has 5 nitrogen and oxygen atoms in total. The highest BCUT2D eigenvalue weighted by atomic mass is 35.5. The fourth-order valence-electron chi connectivity index (χ4n) is 2.66. The van der Waals surface area contributed by atoms with Gasteiger partial charge in [0.05, 0.1) is 24.7 Å². The molecular formula is C23H26Cl3N3O2Si. The average molecular weight is 511 g/mol. The SMILES string of the molecule is Cc1c(CO[Si](C)(C)C(C)(C)C)cc(-c2cc(Cl)cc(Cl)c2)nc1Oc1cnc(Cl)cn1. The Morgan fingerprint density at radius 2 is 1.59 bits per heavy atom. The van der Waals surface area contributed by atoms with Crippen LogP contribution in [0.1, 0.15) is 31.9 Å². The largest absolute Gasteiger partial charge is 0.419 e. The minimum atomic E-state index is -1.96. The van der Waals surface area contributed by atoms with Gasteiger partial charge in [-0.1, -0.05) is 55.6 Å². The van der Waals surface area contributed by atoms with Gasteiger partial charge in [0, 0.05) is 21.2 Å². The Balaban J connectivity index is 2.05. The summed E-state index contributed by atoms with van der Waals surface area (Å²) in [5.74, 6) is 0.701. The highest BCUT2D eigenvalue weighted by Gasteiger charge is 2.37. The molecule has 0 spiro atoms. The van der Waals surface area contributed by atoms with Crippen molar-refractivity contribution in [1.29, 1.82) is 0 Å². The Hall–Kier alpha value is -1.70. The molecule has 2 heterocycles. The van der Waals surface area contributed by atoms with Crippen LogP contribution in [0.2, 0.25) is 33.3 Å². The van der Waals surface area contributed by atoms with Crippen molar-refractivity contribution >= 4 is 43.1 Å². The number of pyridine rings is 1. The lowest BCUT2D eigenvalue weighted by molar-refractivity contribution is 0.275. The minimum absolute atomic E-state index is 0.0927. The second-order valence-electron chi connectivity index (χ2n) is 9.08. The fourth-order valence-corrected chi connectivity index (χ4v) is 4.23. The van der Waals surface area contributed by atoms with Gasteiger partial charge in [-0.05, 0) is 54.9 Å². The quantitative estimate of drug-likeness (QED) is 0.313. The van der Waals surface area contributed by atoms with Gasteiger partial charge in [0.25, 0.3) is 0 Å². The summed E-state index contributed by atoms with van der Waals surface area (Å²) in [6, 6.07) is 7.30. The molecule has 1 aromatic carbocycles. The van der Waals surface area contributed by atoms with Gasteiger partial charge in [0.1, 0.15) is 5.15 Å². The van der Waals surface area contributed by atoms with Gasteiger partial charge in [-0.3, -0.25) is 0 Å². The molecule has 0 amide bonds. The van der Waals surface area contributed by atoms with E-state index in [4.69, 9.17) is 48.9 Å². The summed E-state index contributed by atoms with van der Waals surface area (Å²) in [7, 11) is -1.96. The number of aromatic nitrogens is 3. The zero-order valence-corrected chi connectivity index (χ0v) is 22.2. The monoisotopic (exact) mass is 509 g/mol. The second-order valence-corrected chi connectivity index (χ2v) is 15.2. The van der Waals surface area contributed by atoms with Crippen molar-refractivity contribution in [3.63, 3.8) is 0 Å². The van der Waals surface area contributed by atoms with Crippen LogP contribution in [0, 0.1) is 6.92 Å². The van der Waals surface area contributed by atoms with Crippen LogP contribution in [0.3, 0.4) is 0 Å². The number of ether oxygens (including phenoxy) is 1. The second kappa shape index (κ2) is 9.65. The van der Waals surface area contributed by atoms with E-state index in [1.807, 2.05) is 25.1 Å². The van der Waals surface area contributed by atoms with Crippen molar-refractivity contribution in [2.75, 3.05) is 0 Å². The van der Waals surface area contributed by atoms with Crippen LogP contribution >= 0.6 is 34.8 Å². The maximum atomic E-state index is 6.48. The summed E-state index contributed by atoms with van der Waals surface area (Å²) < 4.78 is 12.5.